The van der Waals surface area contributed by atoms with E-state index in [-0.39, 0.29) is 6.42 Å². The van der Waals surface area contributed by atoms with Crippen molar-refractivity contribution in [3.8, 4) is 0 Å². The number of allylic oxidation sites excluding steroid dienone is 6. The Labute approximate surface area is 185 Å². The molecule has 31 heavy (non-hydrogen) atoms. The summed E-state index contributed by atoms with van der Waals surface area (Å²) in [7, 11) is -4.84. The number of unbranched alkanes of at least 4 members (excludes halogenated alkanes) is 5. The highest BCUT2D eigenvalue weighted by Gasteiger charge is 2.32. The molecule has 9 heteroatoms. The maximum atomic E-state index is 11.9. The van der Waals surface area contributed by atoms with E-state index < -0.39 is 31.8 Å². The third kappa shape index (κ3) is 18.7. The van der Waals surface area contributed by atoms with Crippen molar-refractivity contribution >= 4 is 19.7 Å². The van der Waals surface area contributed by atoms with E-state index in [1.165, 1.54) is 6.92 Å². The summed E-state index contributed by atoms with van der Waals surface area (Å²) >= 11 is 0. The molecule has 0 saturated carbocycles. The number of carboxylic acid groups (broad SMARTS) is 1. The van der Waals surface area contributed by atoms with Gasteiger partial charge in [0.2, 0.25) is 5.91 Å². The average Bonchev–Trinajstić information content (AvgIpc) is 2.67. The van der Waals surface area contributed by atoms with Gasteiger partial charge in [-0.2, -0.15) is 0 Å². The number of carboxylic acids is 1. The van der Waals surface area contributed by atoms with E-state index in [1.54, 1.807) is 0 Å². The van der Waals surface area contributed by atoms with E-state index in [1.807, 2.05) is 0 Å². The Morgan fingerprint density at radius 3 is 2.06 bits per heavy atom. The van der Waals surface area contributed by atoms with E-state index in [0.29, 0.717) is 6.42 Å². The monoisotopic (exact) mass is 459 g/mol. The van der Waals surface area contributed by atoms with E-state index >= 15 is 0 Å². The zero-order valence-corrected chi connectivity index (χ0v) is 19.5. The summed E-state index contributed by atoms with van der Waals surface area (Å²) < 4.78 is 15.2. The molecule has 0 bridgehead atoms. The molecule has 178 valence electrons. The number of carbonyl (C=O) groups excluding carboxylic acids is 1. The number of phosphoric ester groups is 1. The number of rotatable bonds is 18. The fourth-order valence-electron chi connectivity index (χ4n) is 2.81. The second-order valence-corrected chi connectivity index (χ2v) is 8.48. The van der Waals surface area contributed by atoms with Crippen LogP contribution in [0.1, 0.15) is 78.1 Å². The van der Waals surface area contributed by atoms with Crippen LogP contribution in [0.4, 0.5) is 0 Å². The molecule has 0 heterocycles. The smallest absolute Gasteiger partial charge is 0.469 e. The molecular weight excluding hydrogens is 421 g/mol. The minimum atomic E-state index is -4.84. The third-order valence-corrected chi connectivity index (χ3v) is 5.02. The van der Waals surface area contributed by atoms with Crippen molar-refractivity contribution in [2.75, 3.05) is 0 Å². The number of carbonyl (C=O) groups is 2. The molecule has 0 aliphatic rings. The number of amides is 1. The molecule has 0 aliphatic heterocycles. The average molecular weight is 460 g/mol. The summed E-state index contributed by atoms with van der Waals surface area (Å²) in [6.07, 6.45) is 20.5. The molecular formula is C22H38NO7P. The molecule has 0 rings (SSSR count). The second-order valence-electron chi connectivity index (χ2n) is 7.28. The molecule has 0 radical (unpaired) electrons. The topological polar surface area (TPSA) is 133 Å². The van der Waals surface area contributed by atoms with Gasteiger partial charge in [-0.25, -0.2) is 9.36 Å². The summed E-state index contributed by atoms with van der Waals surface area (Å²) in [6.45, 7) is 3.31. The number of aliphatic carboxylic acids is 1. The Hall–Kier alpha value is -1.73. The van der Waals surface area contributed by atoms with E-state index in [4.69, 9.17) is 14.9 Å². The molecule has 0 aromatic carbocycles. The van der Waals surface area contributed by atoms with E-state index in [0.717, 1.165) is 51.4 Å². The van der Waals surface area contributed by atoms with Crippen LogP contribution < -0.4 is 5.32 Å². The van der Waals surface area contributed by atoms with Gasteiger partial charge < -0.3 is 20.2 Å². The van der Waals surface area contributed by atoms with Gasteiger partial charge in [0.15, 0.2) is 6.04 Å². The molecule has 0 fully saturated rings. The molecule has 0 aromatic rings. The number of hydrogen-bond acceptors (Lipinski definition) is 4. The summed E-state index contributed by atoms with van der Waals surface area (Å²) in [5, 5.41) is 11.4. The van der Waals surface area contributed by atoms with Crippen molar-refractivity contribution in [3.63, 3.8) is 0 Å². The van der Waals surface area contributed by atoms with Gasteiger partial charge in [0.1, 0.15) is 0 Å². The van der Waals surface area contributed by atoms with Gasteiger partial charge in [-0.05, 0) is 45.4 Å². The van der Waals surface area contributed by atoms with Crippen LogP contribution >= 0.6 is 7.82 Å². The predicted octanol–water partition coefficient (Wildman–Crippen LogP) is 4.64. The SMILES string of the molecule is CCC=CCC=CC/C=C\CCCCCCCC(=O)N[C@H](C(=O)O)[C@@H](C)OP(=O)(O)O. The predicted molar refractivity (Wildman–Crippen MR) is 121 cm³/mol. The van der Waals surface area contributed by atoms with Gasteiger partial charge in [-0.1, -0.05) is 62.6 Å². The summed E-state index contributed by atoms with van der Waals surface area (Å²) in [4.78, 5) is 40.7. The van der Waals surface area contributed by atoms with Crippen molar-refractivity contribution < 1.29 is 33.6 Å². The fraction of sp³-hybridized carbons (Fsp3) is 0.636. The van der Waals surface area contributed by atoms with Gasteiger partial charge in [-0.15, -0.1) is 0 Å². The lowest BCUT2D eigenvalue weighted by atomic mass is 10.1. The molecule has 0 spiro atoms. The van der Waals surface area contributed by atoms with Crippen LogP contribution in [0.25, 0.3) is 0 Å². The molecule has 2 atom stereocenters. The lowest BCUT2D eigenvalue weighted by Gasteiger charge is -2.21. The quantitative estimate of drug-likeness (QED) is 0.133. The normalized spacial score (nSPS) is 14.5. The minimum absolute atomic E-state index is 0.159. The highest BCUT2D eigenvalue weighted by atomic mass is 31.2. The van der Waals surface area contributed by atoms with Gasteiger partial charge >= 0.3 is 13.8 Å². The zero-order chi connectivity index (χ0) is 23.5. The Balaban J connectivity index is 3.85. The van der Waals surface area contributed by atoms with Crippen LogP contribution in [0, 0.1) is 0 Å². The first-order chi connectivity index (χ1) is 14.7. The van der Waals surface area contributed by atoms with Gasteiger partial charge in [0, 0.05) is 6.42 Å². The van der Waals surface area contributed by atoms with Crippen molar-refractivity contribution in [2.24, 2.45) is 0 Å². The Kier molecular flexibility index (Phi) is 16.9. The highest BCUT2D eigenvalue weighted by Crippen LogP contribution is 2.38. The maximum absolute atomic E-state index is 11.9. The van der Waals surface area contributed by atoms with Crippen LogP contribution in [-0.4, -0.2) is 38.9 Å². The van der Waals surface area contributed by atoms with Gasteiger partial charge in [0.05, 0.1) is 6.10 Å². The third-order valence-electron chi connectivity index (χ3n) is 4.41. The van der Waals surface area contributed by atoms with Crippen LogP contribution in [0.5, 0.6) is 0 Å². The molecule has 4 N–H and O–H groups in total. The lowest BCUT2D eigenvalue weighted by Crippen LogP contribution is -2.48. The van der Waals surface area contributed by atoms with Crippen molar-refractivity contribution in [1.29, 1.82) is 0 Å². The first-order valence-electron chi connectivity index (χ1n) is 10.9. The van der Waals surface area contributed by atoms with Gasteiger partial charge in [-0.3, -0.25) is 9.32 Å². The first kappa shape index (κ1) is 29.3. The molecule has 0 aliphatic carbocycles. The molecule has 0 saturated heterocycles. The van der Waals surface area contributed by atoms with Crippen molar-refractivity contribution in [3.05, 3.63) is 36.5 Å². The Bertz CT molecular complexity index is 640. The standard InChI is InChI=1S/C22H38NO7P/c1-3-4-5-6-7-8-9-10-11-12-13-14-15-16-17-18-20(24)23-21(22(25)26)19(2)30-31(27,28)29/h4-5,7-8,10-11,19,21H,3,6,9,12-18H2,1-2H3,(H,23,24)(H,25,26)(H2,27,28,29)/b5-4?,8-7?,11-10-/t19-,21+/m1/s1. The Morgan fingerprint density at radius 2 is 1.48 bits per heavy atom. The summed E-state index contributed by atoms with van der Waals surface area (Å²) in [5.74, 6) is -1.89. The molecule has 1 amide bonds. The molecule has 0 unspecified atom stereocenters. The summed E-state index contributed by atoms with van der Waals surface area (Å²) in [5.41, 5.74) is 0. The fourth-order valence-corrected chi connectivity index (χ4v) is 3.36. The van der Waals surface area contributed by atoms with Crippen molar-refractivity contribution in [1.82, 2.24) is 5.32 Å². The number of hydrogen-bond donors (Lipinski definition) is 4. The maximum Gasteiger partial charge on any atom is 0.469 e. The van der Waals surface area contributed by atoms with Gasteiger partial charge in [0.25, 0.3) is 0 Å². The summed E-state index contributed by atoms with van der Waals surface area (Å²) in [6, 6.07) is -1.52. The van der Waals surface area contributed by atoms with Crippen LogP contribution in [0.3, 0.4) is 0 Å². The number of nitrogens with one attached hydrogen (secondary N) is 1. The Morgan fingerprint density at radius 1 is 0.935 bits per heavy atom. The largest absolute Gasteiger partial charge is 0.480 e. The number of phosphoric acid groups is 1. The first-order valence-corrected chi connectivity index (χ1v) is 12.4. The molecule has 8 nitrogen and oxygen atoms in total. The second kappa shape index (κ2) is 17.9. The lowest BCUT2D eigenvalue weighted by molar-refractivity contribution is -0.144. The zero-order valence-electron chi connectivity index (χ0n) is 18.6. The van der Waals surface area contributed by atoms with E-state index in [9.17, 15) is 14.2 Å². The van der Waals surface area contributed by atoms with Crippen molar-refractivity contribution in [2.45, 2.75) is 90.2 Å². The van der Waals surface area contributed by atoms with E-state index in [2.05, 4.69) is 53.2 Å². The van der Waals surface area contributed by atoms with Crippen LogP contribution in [-0.2, 0) is 18.7 Å². The van der Waals surface area contributed by atoms with Crippen LogP contribution in [0.15, 0.2) is 36.5 Å². The molecule has 0 aromatic heterocycles. The minimum Gasteiger partial charge on any atom is -0.480 e. The highest BCUT2D eigenvalue weighted by molar-refractivity contribution is 7.46. The van der Waals surface area contributed by atoms with Crippen LogP contribution in [0.2, 0.25) is 0 Å².